The van der Waals surface area contributed by atoms with E-state index in [2.05, 4.69) is 66.7 Å². The largest absolute Gasteiger partial charge is 0.489 e. The lowest BCUT2D eigenvalue weighted by Crippen LogP contribution is -1.96. The van der Waals surface area contributed by atoms with E-state index in [1.54, 1.807) is 11.3 Å². The van der Waals surface area contributed by atoms with E-state index in [0.717, 1.165) is 21.8 Å². The van der Waals surface area contributed by atoms with Crippen LogP contribution in [0.2, 0.25) is 0 Å². The van der Waals surface area contributed by atoms with E-state index in [1.165, 1.54) is 21.0 Å². The summed E-state index contributed by atoms with van der Waals surface area (Å²) in [6, 6.07) is 31.2. The predicted octanol–water partition coefficient (Wildman–Crippen LogP) is 6.70. The van der Waals surface area contributed by atoms with Crippen LogP contribution in [0, 0.1) is 0 Å². The average molecular weight is 367 g/mol. The first-order valence-corrected chi connectivity index (χ1v) is 9.74. The lowest BCUT2D eigenvalue weighted by Gasteiger charge is -2.10. The maximum absolute atomic E-state index is 6.11. The number of aromatic nitrogens is 1. The summed E-state index contributed by atoms with van der Waals surface area (Å²) in [6.45, 7) is 0.546. The van der Waals surface area contributed by atoms with E-state index in [4.69, 9.17) is 9.72 Å². The molecule has 0 amide bonds. The van der Waals surface area contributed by atoms with Crippen molar-refractivity contribution in [2.24, 2.45) is 0 Å². The quantitative estimate of drug-likeness (QED) is 0.353. The monoisotopic (exact) mass is 367 g/mol. The molecule has 5 rings (SSSR count). The van der Waals surface area contributed by atoms with Crippen molar-refractivity contribution >= 4 is 32.3 Å². The van der Waals surface area contributed by atoms with E-state index in [0.29, 0.717) is 6.61 Å². The third kappa shape index (κ3) is 3.18. The molecule has 0 bridgehead atoms. The zero-order valence-electron chi connectivity index (χ0n) is 14.6. The van der Waals surface area contributed by atoms with Crippen LogP contribution in [0.3, 0.4) is 0 Å². The second-order valence-corrected chi connectivity index (χ2v) is 7.47. The fraction of sp³-hybridized carbons (Fsp3) is 0.0417. The van der Waals surface area contributed by atoms with E-state index in [9.17, 15) is 0 Å². The van der Waals surface area contributed by atoms with Crippen molar-refractivity contribution in [2.45, 2.75) is 6.61 Å². The minimum absolute atomic E-state index is 0.546. The lowest BCUT2D eigenvalue weighted by molar-refractivity contribution is 0.308. The molecule has 0 aliphatic carbocycles. The minimum Gasteiger partial charge on any atom is -0.489 e. The molecule has 130 valence electrons. The lowest BCUT2D eigenvalue weighted by atomic mass is 10.1. The maximum Gasteiger partial charge on any atom is 0.124 e. The summed E-state index contributed by atoms with van der Waals surface area (Å²) in [7, 11) is 0. The van der Waals surface area contributed by atoms with Crippen LogP contribution in [-0.4, -0.2) is 4.98 Å². The first-order chi connectivity index (χ1) is 13.4. The van der Waals surface area contributed by atoms with Gasteiger partial charge >= 0.3 is 0 Å². The molecule has 1 aromatic heterocycles. The molecule has 0 fully saturated rings. The predicted molar refractivity (Wildman–Crippen MR) is 113 cm³/mol. The van der Waals surface area contributed by atoms with Crippen molar-refractivity contribution in [1.29, 1.82) is 0 Å². The summed E-state index contributed by atoms with van der Waals surface area (Å²) in [4.78, 5) is 4.75. The summed E-state index contributed by atoms with van der Waals surface area (Å²) in [5.74, 6) is 0.861. The topological polar surface area (TPSA) is 22.1 Å². The van der Waals surface area contributed by atoms with Gasteiger partial charge in [0, 0.05) is 5.56 Å². The van der Waals surface area contributed by atoms with Crippen LogP contribution in [0.1, 0.15) is 5.56 Å². The van der Waals surface area contributed by atoms with Crippen LogP contribution in [0.5, 0.6) is 5.75 Å². The molecule has 3 heteroatoms. The molecule has 0 saturated heterocycles. The number of rotatable bonds is 4. The van der Waals surface area contributed by atoms with Gasteiger partial charge in [-0.3, -0.25) is 0 Å². The minimum atomic E-state index is 0.546. The molecule has 0 unspecified atom stereocenters. The highest BCUT2D eigenvalue weighted by atomic mass is 32.1. The summed E-state index contributed by atoms with van der Waals surface area (Å²) >= 11 is 1.71. The van der Waals surface area contributed by atoms with E-state index < -0.39 is 0 Å². The molecule has 4 aromatic carbocycles. The van der Waals surface area contributed by atoms with Crippen LogP contribution in [0.25, 0.3) is 31.6 Å². The Bertz CT molecular complexity index is 1200. The highest BCUT2D eigenvalue weighted by Crippen LogP contribution is 2.32. The average Bonchev–Trinajstić information content (AvgIpc) is 3.17. The Morgan fingerprint density at radius 1 is 0.778 bits per heavy atom. The smallest absolute Gasteiger partial charge is 0.124 e. The van der Waals surface area contributed by atoms with Gasteiger partial charge in [-0.1, -0.05) is 66.7 Å². The Labute approximate surface area is 161 Å². The van der Waals surface area contributed by atoms with E-state index in [-0.39, 0.29) is 0 Å². The van der Waals surface area contributed by atoms with Crippen molar-refractivity contribution in [1.82, 2.24) is 4.98 Å². The van der Waals surface area contributed by atoms with Crippen molar-refractivity contribution in [3.63, 3.8) is 0 Å². The summed E-state index contributed by atoms with van der Waals surface area (Å²) in [5, 5.41) is 3.50. The Hall–Kier alpha value is -3.17. The third-order valence-corrected chi connectivity index (χ3v) is 5.73. The molecule has 5 aromatic rings. The van der Waals surface area contributed by atoms with Crippen molar-refractivity contribution in [3.8, 4) is 16.3 Å². The Kier molecular flexibility index (Phi) is 4.07. The van der Waals surface area contributed by atoms with Crippen LogP contribution < -0.4 is 4.74 Å². The Morgan fingerprint density at radius 2 is 1.59 bits per heavy atom. The number of fused-ring (bicyclic) bond motifs is 2. The second-order valence-electron chi connectivity index (χ2n) is 6.44. The molecular formula is C24H17NOS. The fourth-order valence-corrected chi connectivity index (χ4v) is 4.26. The van der Waals surface area contributed by atoms with E-state index >= 15 is 0 Å². The summed E-state index contributed by atoms with van der Waals surface area (Å²) in [6.07, 6.45) is 0. The van der Waals surface area contributed by atoms with Gasteiger partial charge in [-0.15, -0.1) is 11.3 Å². The molecule has 0 aliphatic rings. The molecule has 0 spiro atoms. The van der Waals surface area contributed by atoms with Gasteiger partial charge in [0.15, 0.2) is 0 Å². The van der Waals surface area contributed by atoms with Crippen molar-refractivity contribution in [3.05, 3.63) is 96.6 Å². The number of hydrogen-bond acceptors (Lipinski definition) is 3. The van der Waals surface area contributed by atoms with Crippen molar-refractivity contribution < 1.29 is 4.74 Å². The number of nitrogens with zero attached hydrogens (tertiary/aromatic N) is 1. The van der Waals surface area contributed by atoms with Gasteiger partial charge in [0.25, 0.3) is 0 Å². The molecule has 1 heterocycles. The zero-order valence-corrected chi connectivity index (χ0v) is 15.4. The maximum atomic E-state index is 6.11. The molecular weight excluding hydrogens is 350 g/mol. The highest BCUT2D eigenvalue weighted by Gasteiger charge is 2.07. The SMILES string of the molecule is c1cc(OCc2cccc3ccccc23)cc(-c2nc3ccccc3s2)c1. The van der Waals surface area contributed by atoms with Gasteiger partial charge in [0.2, 0.25) is 0 Å². The number of hydrogen-bond donors (Lipinski definition) is 0. The molecule has 0 atom stereocenters. The molecule has 0 N–H and O–H groups in total. The highest BCUT2D eigenvalue weighted by molar-refractivity contribution is 7.21. The standard InChI is InChI=1S/C24H17NOS/c1-2-12-21-17(7-1)8-5-10-19(21)16-26-20-11-6-9-18(15-20)24-25-22-13-3-4-14-23(22)27-24/h1-15H,16H2. The third-order valence-electron chi connectivity index (χ3n) is 4.65. The zero-order chi connectivity index (χ0) is 18.1. The first kappa shape index (κ1) is 16.0. The van der Waals surface area contributed by atoms with Gasteiger partial charge < -0.3 is 4.74 Å². The number of ether oxygens (including phenoxy) is 1. The molecule has 2 nitrogen and oxygen atoms in total. The summed E-state index contributed by atoms with van der Waals surface area (Å²) in [5.41, 5.74) is 3.32. The Balaban J connectivity index is 1.42. The van der Waals surface area contributed by atoms with Gasteiger partial charge in [0.05, 0.1) is 10.2 Å². The van der Waals surface area contributed by atoms with E-state index in [1.807, 2.05) is 24.3 Å². The van der Waals surface area contributed by atoms with Crippen LogP contribution in [0.4, 0.5) is 0 Å². The van der Waals surface area contributed by atoms with Gasteiger partial charge in [-0.05, 0) is 40.6 Å². The molecule has 0 aliphatic heterocycles. The van der Waals surface area contributed by atoms with Crippen LogP contribution in [-0.2, 0) is 6.61 Å². The van der Waals surface area contributed by atoms with Crippen molar-refractivity contribution in [2.75, 3.05) is 0 Å². The number of thiazole rings is 1. The molecule has 0 radical (unpaired) electrons. The van der Waals surface area contributed by atoms with Gasteiger partial charge in [0.1, 0.15) is 17.4 Å². The summed E-state index contributed by atoms with van der Waals surface area (Å²) < 4.78 is 7.32. The molecule has 0 saturated carbocycles. The second kappa shape index (κ2) is 6.86. The number of para-hydroxylation sites is 1. The normalized spacial score (nSPS) is 11.1. The fourth-order valence-electron chi connectivity index (χ4n) is 3.29. The van der Waals surface area contributed by atoms with Crippen LogP contribution >= 0.6 is 11.3 Å². The van der Waals surface area contributed by atoms with Gasteiger partial charge in [-0.25, -0.2) is 4.98 Å². The van der Waals surface area contributed by atoms with Gasteiger partial charge in [-0.2, -0.15) is 0 Å². The molecule has 27 heavy (non-hydrogen) atoms. The first-order valence-electron chi connectivity index (χ1n) is 8.92. The van der Waals surface area contributed by atoms with Crippen LogP contribution in [0.15, 0.2) is 91.0 Å². The Morgan fingerprint density at radius 3 is 2.56 bits per heavy atom. The number of benzene rings is 4.